The second-order valence-corrected chi connectivity index (χ2v) is 6.15. The number of hydrogen-bond donors (Lipinski definition) is 1. The molecule has 132 valence electrons. The number of esters is 1. The van der Waals surface area contributed by atoms with E-state index < -0.39 is 5.97 Å². The number of carbonyl (C=O) groups is 2. The number of anilines is 1. The molecular weight excluding hydrogens is 354 g/mol. The minimum Gasteiger partial charge on any atom is -0.508 e. The first-order valence-corrected chi connectivity index (χ1v) is 8.20. The number of halogens is 1. The maximum Gasteiger partial charge on any atom is 0.340 e. The average molecular weight is 370 g/mol. The first-order chi connectivity index (χ1) is 12.4. The molecule has 0 atom stereocenters. The van der Waals surface area contributed by atoms with Crippen LogP contribution in [-0.4, -0.2) is 24.1 Å². The SMILES string of the molecule is COC(=O)C1=C(C)N(c2ccc(Cl)cc2)C(=O)/C1=C\c1ccc(O)cc1. The van der Waals surface area contributed by atoms with Crippen LogP contribution in [0.25, 0.3) is 6.08 Å². The molecule has 0 radical (unpaired) electrons. The molecule has 2 aromatic carbocycles. The van der Waals surface area contributed by atoms with Gasteiger partial charge in [0.25, 0.3) is 5.91 Å². The lowest BCUT2D eigenvalue weighted by molar-refractivity contribution is -0.136. The van der Waals surface area contributed by atoms with Crippen LogP contribution in [-0.2, 0) is 14.3 Å². The molecule has 0 saturated carbocycles. The van der Waals surface area contributed by atoms with E-state index in [9.17, 15) is 14.7 Å². The number of hydrogen-bond acceptors (Lipinski definition) is 4. The highest BCUT2D eigenvalue weighted by molar-refractivity contribution is 6.30. The second kappa shape index (κ2) is 7.06. The van der Waals surface area contributed by atoms with Crippen molar-refractivity contribution in [3.63, 3.8) is 0 Å². The Balaban J connectivity index is 2.12. The average Bonchev–Trinajstić information content (AvgIpc) is 2.87. The molecule has 2 aromatic rings. The summed E-state index contributed by atoms with van der Waals surface area (Å²) in [6.07, 6.45) is 1.60. The fourth-order valence-electron chi connectivity index (χ4n) is 2.82. The number of phenolic OH excluding ortho intramolecular Hbond substituents is 1. The van der Waals surface area contributed by atoms with E-state index in [-0.39, 0.29) is 22.8 Å². The summed E-state index contributed by atoms with van der Waals surface area (Å²) in [6.45, 7) is 1.69. The number of amides is 1. The molecule has 1 aliphatic heterocycles. The zero-order valence-corrected chi connectivity index (χ0v) is 14.9. The van der Waals surface area contributed by atoms with Gasteiger partial charge in [0.2, 0.25) is 0 Å². The lowest BCUT2D eigenvalue weighted by atomic mass is 10.0. The first-order valence-electron chi connectivity index (χ1n) is 7.82. The van der Waals surface area contributed by atoms with Crippen LogP contribution in [0, 0.1) is 0 Å². The van der Waals surface area contributed by atoms with Crippen molar-refractivity contribution in [3.8, 4) is 5.75 Å². The Morgan fingerprint density at radius 2 is 1.73 bits per heavy atom. The molecule has 0 aliphatic carbocycles. The van der Waals surface area contributed by atoms with Gasteiger partial charge in [0.15, 0.2) is 0 Å². The number of methoxy groups -OCH3 is 1. The smallest absolute Gasteiger partial charge is 0.340 e. The standard InChI is InChI=1S/C20H16ClNO4/c1-12-18(20(25)26-2)17(11-13-3-9-16(23)10-4-13)19(24)22(12)15-7-5-14(21)6-8-15/h3-11,23H,1-2H3/b17-11-. The largest absolute Gasteiger partial charge is 0.508 e. The van der Waals surface area contributed by atoms with Crippen LogP contribution in [0.4, 0.5) is 5.69 Å². The van der Waals surface area contributed by atoms with Crippen LogP contribution in [0.1, 0.15) is 12.5 Å². The minimum absolute atomic E-state index is 0.118. The molecule has 1 N–H and O–H groups in total. The van der Waals surface area contributed by atoms with E-state index in [0.29, 0.717) is 22.0 Å². The monoisotopic (exact) mass is 369 g/mol. The lowest BCUT2D eigenvalue weighted by Gasteiger charge is -2.17. The zero-order chi connectivity index (χ0) is 18.8. The third-order valence-electron chi connectivity index (χ3n) is 4.08. The Labute approximate surface area is 155 Å². The van der Waals surface area contributed by atoms with Crippen molar-refractivity contribution in [3.05, 3.63) is 76.0 Å². The van der Waals surface area contributed by atoms with Crippen LogP contribution in [0.15, 0.2) is 65.4 Å². The minimum atomic E-state index is -0.586. The van der Waals surface area contributed by atoms with E-state index >= 15 is 0 Å². The number of rotatable bonds is 3. The number of aromatic hydroxyl groups is 1. The van der Waals surface area contributed by atoms with Gasteiger partial charge >= 0.3 is 5.97 Å². The summed E-state index contributed by atoms with van der Waals surface area (Å²) in [5.41, 5.74) is 2.20. The molecule has 0 spiro atoms. The predicted molar refractivity (Wildman–Crippen MR) is 99.7 cm³/mol. The molecule has 1 amide bonds. The Bertz CT molecular complexity index is 927. The fraction of sp³-hybridized carbons (Fsp3) is 0.100. The van der Waals surface area contributed by atoms with E-state index in [2.05, 4.69) is 0 Å². The molecule has 1 aliphatic rings. The first kappa shape index (κ1) is 17.8. The molecule has 3 rings (SSSR count). The zero-order valence-electron chi connectivity index (χ0n) is 14.2. The van der Waals surface area contributed by atoms with Gasteiger partial charge in [-0.25, -0.2) is 4.79 Å². The van der Waals surface area contributed by atoms with E-state index in [1.165, 1.54) is 24.1 Å². The van der Waals surface area contributed by atoms with Gasteiger partial charge in [-0.2, -0.15) is 0 Å². The lowest BCUT2D eigenvalue weighted by Crippen LogP contribution is -2.24. The van der Waals surface area contributed by atoms with Crippen molar-refractivity contribution >= 4 is 35.2 Å². The van der Waals surface area contributed by atoms with Crippen LogP contribution in [0.2, 0.25) is 5.02 Å². The van der Waals surface area contributed by atoms with Gasteiger partial charge < -0.3 is 9.84 Å². The molecule has 0 fully saturated rings. The van der Waals surface area contributed by atoms with Crippen molar-refractivity contribution < 1.29 is 19.4 Å². The third kappa shape index (κ3) is 3.21. The second-order valence-electron chi connectivity index (χ2n) is 5.72. The number of carbonyl (C=O) groups excluding carboxylic acids is 2. The van der Waals surface area contributed by atoms with Gasteiger partial charge in [-0.05, 0) is 55.0 Å². The normalized spacial score (nSPS) is 15.7. The molecule has 0 bridgehead atoms. The molecule has 1 heterocycles. The number of allylic oxidation sites excluding steroid dienone is 1. The summed E-state index contributed by atoms with van der Waals surface area (Å²) in [5.74, 6) is -0.803. The Morgan fingerprint density at radius 3 is 2.31 bits per heavy atom. The molecular formula is C20H16ClNO4. The molecule has 6 heteroatoms. The highest BCUT2D eigenvalue weighted by Crippen LogP contribution is 2.35. The number of benzene rings is 2. The Hall–Kier alpha value is -3.05. The van der Waals surface area contributed by atoms with Gasteiger partial charge in [-0.15, -0.1) is 0 Å². The highest BCUT2D eigenvalue weighted by Gasteiger charge is 2.37. The predicted octanol–water partition coefficient (Wildman–Crippen LogP) is 3.92. The fourth-order valence-corrected chi connectivity index (χ4v) is 2.94. The van der Waals surface area contributed by atoms with E-state index in [1.807, 2.05) is 0 Å². The van der Waals surface area contributed by atoms with Gasteiger partial charge in [0.05, 0.1) is 18.3 Å². The Kier molecular flexibility index (Phi) is 4.82. The van der Waals surface area contributed by atoms with Crippen LogP contribution in [0.3, 0.4) is 0 Å². The summed E-state index contributed by atoms with van der Waals surface area (Å²) >= 11 is 5.92. The highest BCUT2D eigenvalue weighted by atomic mass is 35.5. The summed E-state index contributed by atoms with van der Waals surface area (Å²) in [5, 5.41) is 9.96. The Morgan fingerprint density at radius 1 is 1.12 bits per heavy atom. The van der Waals surface area contributed by atoms with E-state index in [0.717, 1.165) is 0 Å². The third-order valence-corrected chi connectivity index (χ3v) is 4.33. The maximum absolute atomic E-state index is 13.0. The van der Waals surface area contributed by atoms with E-state index in [4.69, 9.17) is 16.3 Å². The number of nitrogens with zero attached hydrogens (tertiary/aromatic N) is 1. The quantitative estimate of drug-likeness (QED) is 0.657. The van der Waals surface area contributed by atoms with Crippen LogP contribution < -0.4 is 4.90 Å². The van der Waals surface area contributed by atoms with Crippen molar-refractivity contribution in [2.75, 3.05) is 12.0 Å². The van der Waals surface area contributed by atoms with Crippen LogP contribution in [0.5, 0.6) is 5.75 Å². The molecule has 0 saturated heterocycles. The van der Waals surface area contributed by atoms with Gasteiger partial charge in [0, 0.05) is 16.4 Å². The van der Waals surface area contributed by atoms with Crippen molar-refractivity contribution in [1.29, 1.82) is 0 Å². The van der Waals surface area contributed by atoms with Crippen molar-refractivity contribution in [1.82, 2.24) is 0 Å². The number of phenols is 1. The summed E-state index contributed by atoms with van der Waals surface area (Å²) < 4.78 is 4.87. The van der Waals surface area contributed by atoms with Gasteiger partial charge in [-0.1, -0.05) is 23.7 Å². The molecule has 26 heavy (non-hydrogen) atoms. The summed E-state index contributed by atoms with van der Waals surface area (Å²) in [7, 11) is 1.27. The van der Waals surface area contributed by atoms with Crippen molar-refractivity contribution in [2.45, 2.75) is 6.92 Å². The van der Waals surface area contributed by atoms with Crippen molar-refractivity contribution in [2.24, 2.45) is 0 Å². The molecule has 0 aromatic heterocycles. The van der Waals surface area contributed by atoms with Gasteiger partial charge in [-0.3, -0.25) is 9.69 Å². The summed E-state index contributed by atoms with van der Waals surface area (Å²) in [4.78, 5) is 26.8. The van der Waals surface area contributed by atoms with E-state index in [1.54, 1.807) is 49.4 Å². The topological polar surface area (TPSA) is 66.8 Å². The maximum atomic E-state index is 13.0. The molecule has 0 unspecified atom stereocenters. The van der Waals surface area contributed by atoms with Gasteiger partial charge in [0.1, 0.15) is 5.75 Å². The summed E-state index contributed by atoms with van der Waals surface area (Å²) in [6, 6.07) is 13.1. The molecule has 5 nitrogen and oxygen atoms in total. The van der Waals surface area contributed by atoms with Crippen LogP contribution >= 0.6 is 11.6 Å². The number of ether oxygens (including phenoxy) is 1.